The van der Waals surface area contributed by atoms with Gasteiger partial charge in [-0.15, -0.1) is 0 Å². The van der Waals surface area contributed by atoms with Gasteiger partial charge in [-0.05, 0) is 11.6 Å². The fourth-order valence-corrected chi connectivity index (χ4v) is 3.02. The highest BCUT2D eigenvalue weighted by Gasteiger charge is 2.66. The van der Waals surface area contributed by atoms with Crippen molar-refractivity contribution in [2.75, 3.05) is 6.61 Å². The first kappa shape index (κ1) is 9.38. The van der Waals surface area contributed by atoms with Crippen molar-refractivity contribution in [2.45, 2.75) is 5.60 Å². The second kappa shape index (κ2) is 2.56. The zero-order valence-corrected chi connectivity index (χ0v) is 9.56. The summed E-state index contributed by atoms with van der Waals surface area (Å²) in [6.45, 7) is 0.137. The second-order valence-electron chi connectivity index (χ2n) is 4.87. The molecule has 5 nitrogen and oxygen atoms in total. The van der Waals surface area contributed by atoms with Crippen molar-refractivity contribution in [1.29, 1.82) is 0 Å². The highest BCUT2D eigenvalue weighted by Crippen LogP contribution is 2.61. The molecule has 0 bridgehead atoms. The molecule has 92 valence electrons. The van der Waals surface area contributed by atoms with Crippen molar-refractivity contribution >= 4 is 23.3 Å². The van der Waals surface area contributed by atoms with Gasteiger partial charge in [-0.3, -0.25) is 0 Å². The van der Waals surface area contributed by atoms with Crippen LogP contribution in [0.1, 0.15) is 21.5 Å². The molecule has 1 spiro atoms. The van der Waals surface area contributed by atoms with Crippen LogP contribution < -0.4 is 0 Å². The van der Waals surface area contributed by atoms with Gasteiger partial charge in [0.15, 0.2) is 11.5 Å². The van der Waals surface area contributed by atoms with Gasteiger partial charge in [0.05, 0.1) is 5.56 Å². The highest BCUT2D eigenvalue weighted by atomic mass is 16.7. The molecule has 5 rings (SSSR count). The molecule has 1 saturated heterocycles. The summed E-state index contributed by atoms with van der Waals surface area (Å²) in [6, 6.07) is 5.36. The first-order chi connectivity index (χ1) is 9.21. The standard InChI is InChI=1S/C14H6O5/c15-9-4-8-6-2-1-3-7-10(6)11(18-13(7)16)12-14(8,19-12)5-17-9/h1-4H,5H2. The Kier molecular flexibility index (Phi) is 1.27. The van der Waals surface area contributed by atoms with Crippen molar-refractivity contribution in [1.82, 2.24) is 0 Å². The van der Waals surface area contributed by atoms with Gasteiger partial charge in [0.25, 0.3) is 0 Å². The Balaban J connectivity index is 1.92. The van der Waals surface area contributed by atoms with E-state index >= 15 is 0 Å². The summed E-state index contributed by atoms with van der Waals surface area (Å²) < 4.78 is 16.0. The van der Waals surface area contributed by atoms with Crippen LogP contribution in [0.4, 0.5) is 0 Å². The molecule has 5 heteroatoms. The third-order valence-corrected chi connectivity index (χ3v) is 3.92. The molecule has 1 fully saturated rings. The number of carbonyl (C=O) groups excluding carboxylic acids is 2. The lowest BCUT2D eigenvalue weighted by molar-refractivity contribution is -0.139. The van der Waals surface area contributed by atoms with Gasteiger partial charge in [-0.1, -0.05) is 12.1 Å². The average Bonchev–Trinajstić information content (AvgIpc) is 3.05. The maximum Gasteiger partial charge on any atom is 0.344 e. The van der Waals surface area contributed by atoms with Gasteiger partial charge < -0.3 is 14.2 Å². The van der Waals surface area contributed by atoms with E-state index in [4.69, 9.17) is 14.2 Å². The predicted octanol–water partition coefficient (Wildman–Crippen LogP) is 1.25. The topological polar surface area (TPSA) is 65.1 Å². The minimum atomic E-state index is -0.723. The molecule has 1 aliphatic carbocycles. The summed E-state index contributed by atoms with van der Waals surface area (Å²) >= 11 is 0. The van der Waals surface area contributed by atoms with E-state index in [1.54, 1.807) is 12.1 Å². The minimum absolute atomic E-state index is 0.137. The lowest BCUT2D eigenvalue weighted by Crippen LogP contribution is -2.30. The van der Waals surface area contributed by atoms with Crippen LogP contribution >= 0.6 is 0 Å². The summed E-state index contributed by atoms with van der Waals surface area (Å²) in [7, 11) is 0. The quantitative estimate of drug-likeness (QED) is 0.515. The van der Waals surface area contributed by atoms with Crippen LogP contribution in [0.15, 0.2) is 30.0 Å². The Morgan fingerprint density at radius 3 is 2.89 bits per heavy atom. The van der Waals surface area contributed by atoms with Crippen molar-refractivity contribution in [3.63, 3.8) is 0 Å². The smallest absolute Gasteiger partial charge is 0.344 e. The number of esters is 2. The number of epoxide rings is 1. The van der Waals surface area contributed by atoms with Crippen LogP contribution in [-0.4, -0.2) is 24.1 Å². The molecular formula is C14H6O5. The Labute approximate surface area is 107 Å². The fourth-order valence-electron chi connectivity index (χ4n) is 3.02. The molecular weight excluding hydrogens is 248 g/mol. The van der Waals surface area contributed by atoms with Gasteiger partial charge in [0.1, 0.15) is 6.61 Å². The zero-order valence-electron chi connectivity index (χ0n) is 9.56. The lowest BCUT2D eigenvalue weighted by atomic mass is 9.81. The molecule has 1 unspecified atom stereocenters. The van der Waals surface area contributed by atoms with Crippen LogP contribution in [0.2, 0.25) is 0 Å². The molecule has 0 radical (unpaired) electrons. The first-order valence-corrected chi connectivity index (χ1v) is 5.89. The molecule has 0 aromatic heterocycles. The minimum Gasteiger partial charge on any atom is -0.466 e. The molecule has 0 amide bonds. The van der Waals surface area contributed by atoms with Crippen LogP contribution in [-0.2, 0) is 19.0 Å². The van der Waals surface area contributed by atoms with Crippen LogP contribution in [0.5, 0.6) is 0 Å². The van der Waals surface area contributed by atoms with E-state index in [1.165, 1.54) is 6.08 Å². The lowest BCUT2D eigenvalue weighted by Gasteiger charge is -2.22. The number of benzene rings is 1. The van der Waals surface area contributed by atoms with Crippen molar-refractivity contribution in [2.24, 2.45) is 0 Å². The predicted molar refractivity (Wildman–Crippen MR) is 61.5 cm³/mol. The number of ether oxygens (including phenoxy) is 3. The number of cyclic esters (lactones) is 1. The number of fused-ring (bicyclic) bond motifs is 1. The summed E-state index contributed by atoms with van der Waals surface area (Å²) in [6.07, 6.45) is 1.44. The molecule has 4 aliphatic rings. The van der Waals surface area contributed by atoms with E-state index in [-0.39, 0.29) is 18.5 Å². The summed E-state index contributed by atoms with van der Waals surface area (Å²) in [5.74, 6) is 0.306. The maximum atomic E-state index is 11.8. The third kappa shape index (κ3) is 0.876. The Hall–Kier alpha value is -2.56. The number of hydrogen-bond donors (Lipinski definition) is 0. The van der Waals surface area contributed by atoms with Gasteiger partial charge in [0, 0.05) is 17.2 Å². The molecule has 19 heavy (non-hydrogen) atoms. The maximum absolute atomic E-state index is 11.8. The Morgan fingerprint density at radius 2 is 2.00 bits per heavy atom. The monoisotopic (exact) mass is 254 g/mol. The van der Waals surface area contributed by atoms with Gasteiger partial charge in [0.2, 0.25) is 5.60 Å². The van der Waals surface area contributed by atoms with Gasteiger partial charge in [-0.2, -0.15) is 0 Å². The highest BCUT2D eigenvalue weighted by molar-refractivity contribution is 6.11. The van der Waals surface area contributed by atoms with Crippen molar-refractivity contribution in [3.8, 4) is 0 Å². The number of rotatable bonds is 0. The molecule has 1 aromatic rings. The molecule has 3 aliphatic heterocycles. The second-order valence-corrected chi connectivity index (χ2v) is 4.87. The average molecular weight is 254 g/mol. The van der Waals surface area contributed by atoms with E-state index in [9.17, 15) is 9.59 Å². The largest absolute Gasteiger partial charge is 0.466 e. The molecule has 0 N–H and O–H groups in total. The molecule has 1 aromatic carbocycles. The summed E-state index contributed by atoms with van der Waals surface area (Å²) in [5, 5.41) is 0. The summed E-state index contributed by atoms with van der Waals surface area (Å²) in [5.41, 5.74) is 2.11. The van der Waals surface area contributed by atoms with Gasteiger partial charge in [-0.25, -0.2) is 9.59 Å². The molecule has 0 saturated carbocycles. The molecule has 3 heterocycles. The zero-order chi connectivity index (χ0) is 12.8. The Morgan fingerprint density at radius 1 is 1.16 bits per heavy atom. The van der Waals surface area contributed by atoms with Crippen molar-refractivity contribution in [3.05, 3.63) is 46.7 Å². The van der Waals surface area contributed by atoms with Crippen molar-refractivity contribution < 1.29 is 23.8 Å². The summed E-state index contributed by atoms with van der Waals surface area (Å²) in [4.78, 5) is 23.3. The van der Waals surface area contributed by atoms with E-state index < -0.39 is 5.60 Å². The van der Waals surface area contributed by atoms with Gasteiger partial charge >= 0.3 is 11.9 Å². The van der Waals surface area contributed by atoms with Crippen LogP contribution in [0, 0.1) is 0 Å². The normalized spacial score (nSPS) is 28.5. The van der Waals surface area contributed by atoms with Crippen LogP contribution in [0.25, 0.3) is 11.3 Å². The fraction of sp³-hybridized carbons (Fsp3) is 0.143. The van der Waals surface area contributed by atoms with E-state index in [0.29, 0.717) is 17.1 Å². The molecule has 1 atom stereocenters. The number of hydrogen-bond acceptors (Lipinski definition) is 5. The van der Waals surface area contributed by atoms with E-state index in [0.717, 1.165) is 16.7 Å². The third-order valence-electron chi connectivity index (χ3n) is 3.92. The SMILES string of the molecule is O=C1C=C2c3cccc4c3C(=C3OC23CO1)OC4=O. The number of carbonyl (C=O) groups is 2. The van der Waals surface area contributed by atoms with E-state index in [1.807, 2.05) is 6.07 Å². The van der Waals surface area contributed by atoms with E-state index in [2.05, 4.69) is 0 Å². The van der Waals surface area contributed by atoms with Crippen LogP contribution in [0.3, 0.4) is 0 Å². The Bertz CT molecular complexity index is 770. The first-order valence-electron chi connectivity index (χ1n) is 5.89.